The lowest BCUT2D eigenvalue weighted by atomic mass is 9.97. The number of ether oxygens (including phenoxy) is 1. The lowest BCUT2D eigenvalue weighted by molar-refractivity contribution is -0.120. The summed E-state index contributed by atoms with van der Waals surface area (Å²) in [5.74, 6) is -0.261. The average Bonchev–Trinajstić information content (AvgIpc) is 2.65. The molecule has 0 radical (unpaired) electrons. The van der Waals surface area contributed by atoms with Gasteiger partial charge in [0.25, 0.3) is 11.8 Å². The van der Waals surface area contributed by atoms with E-state index in [1.54, 1.807) is 29.2 Å². The number of nitrogens with one attached hydrogen (secondary N) is 1. The molecule has 0 saturated heterocycles. The Morgan fingerprint density at radius 2 is 1.89 bits per heavy atom. The number of carbonyl (C=O) groups is 3. The second kappa shape index (κ2) is 7.90. The molecule has 2 aromatic carbocycles. The maximum Gasteiger partial charge on any atom is 0.255 e. The summed E-state index contributed by atoms with van der Waals surface area (Å²) >= 11 is 0. The SMILES string of the molecule is CC(=O)Nc1cccc2c1CCN(C(=O)c1ccc(OCC(N)=O)cc1)C2. The molecule has 1 heterocycles. The van der Waals surface area contributed by atoms with Crippen LogP contribution in [0.3, 0.4) is 0 Å². The standard InChI is InChI=1S/C20H21N3O4/c1-13(24)22-18-4-2-3-15-11-23(10-9-17(15)18)20(26)14-5-7-16(8-6-14)27-12-19(21)25/h2-8H,9-12H2,1H3,(H2,21,25)(H,22,24). The number of carbonyl (C=O) groups excluding carboxylic acids is 3. The fraction of sp³-hybridized carbons (Fsp3) is 0.250. The molecule has 1 aliphatic rings. The number of benzene rings is 2. The van der Waals surface area contributed by atoms with Gasteiger partial charge in [0, 0.05) is 31.3 Å². The molecule has 7 nitrogen and oxygen atoms in total. The van der Waals surface area contributed by atoms with Gasteiger partial charge in [-0.2, -0.15) is 0 Å². The molecule has 2 aromatic rings. The fourth-order valence-corrected chi connectivity index (χ4v) is 3.12. The molecule has 0 bridgehead atoms. The lowest BCUT2D eigenvalue weighted by Crippen LogP contribution is -2.36. The second-order valence-corrected chi connectivity index (χ2v) is 6.38. The van der Waals surface area contributed by atoms with Crippen LogP contribution < -0.4 is 15.8 Å². The van der Waals surface area contributed by atoms with Gasteiger partial charge in [0.05, 0.1) is 0 Å². The lowest BCUT2D eigenvalue weighted by Gasteiger charge is -2.30. The van der Waals surface area contributed by atoms with Crippen LogP contribution in [0.4, 0.5) is 5.69 Å². The number of nitrogens with two attached hydrogens (primary N) is 1. The summed E-state index contributed by atoms with van der Waals surface area (Å²) in [5.41, 5.74) is 8.50. The van der Waals surface area contributed by atoms with E-state index in [-0.39, 0.29) is 18.4 Å². The molecule has 140 valence electrons. The van der Waals surface area contributed by atoms with Crippen molar-refractivity contribution in [1.82, 2.24) is 4.90 Å². The summed E-state index contributed by atoms with van der Waals surface area (Å²) in [7, 11) is 0. The highest BCUT2D eigenvalue weighted by atomic mass is 16.5. The number of rotatable bonds is 5. The topological polar surface area (TPSA) is 102 Å². The Bertz CT molecular complexity index is 877. The summed E-state index contributed by atoms with van der Waals surface area (Å²) in [5, 5.41) is 2.85. The fourth-order valence-electron chi connectivity index (χ4n) is 3.12. The molecule has 27 heavy (non-hydrogen) atoms. The Labute approximate surface area is 157 Å². The van der Waals surface area contributed by atoms with Gasteiger partial charge in [-0.05, 0) is 47.9 Å². The minimum absolute atomic E-state index is 0.0768. The molecule has 7 heteroatoms. The van der Waals surface area contributed by atoms with Gasteiger partial charge in [-0.25, -0.2) is 0 Å². The third-order valence-electron chi connectivity index (χ3n) is 4.35. The first-order valence-electron chi connectivity index (χ1n) is 8.63. The smallest absolute Gasteiger partial charge is 0.255 e. The van der Waals surface area contributed by atoms with E-state index in [9.17, 15) is 14.4 Å². The van der Waals surface area contributed by atoms with Crippen LogP contribution >= 0.6 is 0 Å². The third-order valence-corrected chi connectivity index (χ3v) is 4.35. The van der Waals surface area contributed by atoms with Crippen molar-refractivity contribution in [1.29, 1.82) is 0 Å². The molecule has 3 amide bonds. The highest BCUT2D eigenvalue weighted by Gasteiger charge is 2.23. The van der Waals surface area contributed by atoms with E-state index in [0.717, 1.165) is 16.8 Å². The number of primary amides is 1. The minimum atomic E-state index is -0.555. The summed E-state index contributed by atoms with van der Waals surface area (Å²) < 4.78 is 5.21. The molecule has 0 atom stereocenters. The molecule has 0 fully saturated rings. The predicted octanol–water partition coefficient (Wildman–Crippen LogP) is 1.71. The number of anilines is 1. The normalized spacial score (nSPS) is 12.9. The Morgan fingerprint density at radius 3 is 2.56 bits per heavy atom. The Kier molecular flexibility index (Phi) is 5.40. The van der Waals surface area contributed by atoms with Crippen LogP contribution in [-0.2, 0) is 22.6 Å². The van der Waals surface area contributed by atoms with E-state index in [1.807, 2.05) is 18.2 Å². The van der Waals surface area contributed by atoms with Crippen LogP contribution in [0.2, 0.25) is 0 Å². The van der Waals surface area contributed by atoms with Crippen LogP contribution in [0.25, 0.3) is 0 Å². The highest BCUT2D eigenvalue weighted by molar-refractivity contribution is 5.95. The van der Waals surface area contributed by atoms with Gasteiger partial charge < -0.3 is 20.7 Å². The van der Waals surface area contributed by atoms with E-state index in [0.29, 0.717) is 30.8 Å². The molecule has 0 unspecified atom stereocenters. The number of fused-ring (bicyclic) bond motifs is 1. The monoisotopic (exact) mass is 367 g/mol. The second-order valence-electron chi connectivity index (χ2n) is 6.38. The van der Waals surface area contributed by atoms with E-state index in [1.165, 1.54) is 6.92 Å². The van der Waals surface area contributed by atoms with Crippen molar-refractivity contribution < 1.29 is 19.1 Å². The third kappa shape index (κ3) is 4.44. The molecule has 3 N–H and O–H groups in total. The van der Waals surface area contributed by atoms with Gasteiger partial charge in [0.15, 0.2) is 6.61 Å². The van der Waals surface area contributed by atoms with E-state index in [2.05, 4.69) is 5.32 Å². The van der Waals surface area contributed by atoms with Gasteiger partial charge in [0.2, 0.25) is 5.91 Å². The number of hydrogen-bond donors (Lipinski definition) is 2. The zero-order valence-corrected chi connectivity index (χ0v) is 15.0. The van der Waals surface area contributed by atoms with Crippen molar-refractivity contribution >= 4 is 23.4 Å². The number of nitrogens with zero attached hydrogens (tertiary/aromatic N) is 1. The van der Waals surface area contributed by atoms with Crippen molar-refractivity contribution in [3.05, 3.63) is 59.2 Å². The molecule has 0 saturated carbocycles. The summed E-state index contributed by atoms with van der Waals surface area (Å²) in [6, 6.07) is 12.3. The van der Waals surface area contributed by atoms with Gasteiger partial charge >= 0.3 is 0 Å². The van der Waals surface area contributed by atoms with Crippen molar-refractivity contribution in [3.8, 4) is 5.75 Å². The van der Waals surface area contributed by atoms with Crippen LogP contribution in [-0.4, -0.2) is 35.8 Å². The van der Waals surface area contributed by atoms with E-state index in [4.69, 9.17) is 10.5 Å². The molecule has 1 aliphatic heterocycles. The van der Waals surface area contributed by atoms with Crippen molar-refractivity contribution in [3.63, 3.8) is 0 Å². The van der Waals surface area contributed by atoms with Gasteiger partial charge in [0.1, 0.15) is 5.75 Å². The van der Waals surface area contributed by atoms with E-state index < -0.39 is 5.91 Å². The Hall–Kier alpha value is -3.35. The van der Waals surface area contributed by atoms with Crippen molar-refractivity contribution in [2.75, 3.05) is 18.5 Å². The maximum absolute atomic E-state index is 12.8. The zero-order chi connectivity index (χ0) is 19.4. The van der Waals surface area contributed by atoms with Crippen LogP contribution in [0.1, 0.15) is 28.4 Å². The largest absolute Gasteiger partial charge is 0.484 e. The number of hydrogen-bond acceptors (Lipinski definition) is 4. The summed E-state index contributed by atoms with van der Waals surface area (Å²) in [6.45, 7) is 2.34. The van der Waals surface area contributed by atoms with Crippen molar-refractivity contribution in [2.45, 2.75) is 19.9 Å². The molecular weight excluding hydrogens is 346 g/mol. The van der Waals surface area contributed by atoms with Crippen LogP contribution in [0, 0.1) is 0 Å². The molecule has 3 rings (SSSR count). The first-order chi connectivity index (χ1) is 12.9. The molecule has 0 spiro atoms. The van der Waals surface area contributed by atoms with E-state index >= 15 is 0 Å². The summed E-state index contributed by atoms with van der Waals surface area (Å²) in [4.78, 5) is 36.7. The quantitative estimate of drug-likeness (QED) is 0.840. The van der Waals surface area contributed by atoms with Gasteiger partial charge in [-0.1, -0.05) is 12.1 Å². The zero-order valence-electron chi connectivity index (χ0n) is 15.0. The van der Waals surface area contributed by atoms with Crippen LogP contribution in [0.5, 0.6) is 5.75 Å². The number of amides is 3. The first kappa shape index (κ1) is 18.4. The van der Waals surface area contributed by atoms with Crippen LogP contribution in [0.15, 0.2) is 42.5 Å². The Morgan fingerprint density at radius 1 is 1.15 bits per heavy atom. The van der Waals surface area contributed by atoms with Crippen molar-refractivity contribution in [2.24, 2.45) is 5.73 Å². The first-order valence-corrected chi connectivity index (χ1v) is 8.63. The average molecular weight is 367 g/mol. The summed E-state index contributed by atoms with van der Waals surface area (Å²) in [6.07, 6.45) is 0.678. The predicted molar refractivity (Wildman–Crippen MR) is 100 cm³/mol. The van der Waals surface area contributed by atoms with Gasteiger partial charge in [-0.15, -0.1) is 0 Å². The molecule has 0 aliphatic carbocycles. The molecule has 0 aromatic heterocycles. The minimum Gasteiger partial charge on any atom is -0.484 e. The van der Waals surface area contributed by atoms with Gasteiger partial charge in [-0.3, -0.25) is 14.4 Å². The highest BCUT2D eigenvalue weighted by Crippen LogP contribution is 2.27. The molecular formula is C20H21N3O4. The Balaban J connectivity index is 1.70. The maximum atomic E-state index is 12.8.